The van der Waals surface area contributed by atoms with Crippen LogP contribution in [0.2, 0.25) is 0 Å². The van der Waals surface area contributed by atoms with Crippen LogP contribution in [-0.4, -0.2) is 35.0 Å². The van der Waals surface area contributed by atoms with Crippen LogP contribution < -0.4 is 0 Å². The van der Waals surface area contributed by atoms with Crippen LogP contribution in [0.15, 0.2) is 65.1 Å². The number of hydrogen-bond donors (Lipinski definition) is 0. The quantitative estimate of drug-likeness (QED) is 0.763. The van der Waals surface area contributed by atoms with E-state index >= 15 is 0 Å². The van der Waals surface area contributed by atoms with Gasteiger partial charge in [0, 0.05) is 35.9 Å². The largest absolute Gasteiger partial charge is 0.330 e. The average molecular weight is 335 g/mol. The van der Waals surface area contributed by atoms with E-state index in [1.807, 2.05) is 30.9 Å². The second kappa shape index (κ2) is 6.79. The first kappa shape index (κ1) is 16.0. The van der Waals surface area contributed by atoms with E-state index in [0.29, 0.717) is 19.0 Å². The summed E-state index contributed by atoms with van der Waals surface area (Å²) in [6.45, 7) is 2.73. The molecule has 25 heavy (non-hydrogen) atoms. The molecular weight excluding hydrogens is 313 g/mol. The van der Waals surface area contributed by atoms with Gasteiger partial charge in [-0.15, -0.1) is 0 Å². The number of nitrogens with zero attached hydrogens (tertiary/aromatic N) is 3. The van der Waals surface area contributed by atoms with E-state index in [4.69, 9.17) is 0 Å². The molecule has 4 heteroatoms. The Kier molecular flexibility index (Phi) is 4.35. The predicted molar refractivity (Wildman–Crippen MR) is 100 cm³/mol. The maximum Gasteiger partial charge on any atom is 0.122 e. The summed E-state index contributed by atoms with van der Waals surface area (Å²) >= 11 is 0. The number of aromatic nitrogens is 1. The molecule has 0 saturated heterocycles. The molecule has 0 spiro atoms. The second-order valence-electron chi connectivity index (χ2n) is 6.81. The van der Waals surface area contributed by atoms with Crippen LogP contribution >= 0.6 is 0 Å². The van der Waals surface area contributed by atoms with E-state index < -0.39 is 6.17 Å². The van der Waals surface area contributed by atoms with Crippen molar-refractivity contribution in [2.24, 2.45) is 4.99 Å². The number of pyridine rings is 1. The highest BCUT2D eigenvalue weighted by molar-refractivity contribution is 5.84. The van der Waals surface area contributed by atoms with Crippen molar-refractivity contribution in [1.29, 1.82) is 0 Å². The lowest BCUT2D eigenvalue weighted by molar-refractivity contribution is 0.388. The summed E-state index contributed by atoms with van der Waals surface area (Å²) in [5.74, 6) is 0. The fraction of sp³-hybridized carbons (Fsp3) is 0.333. The Bertz CT molecular complexity index is 859. The van der Waals surface area contributed by atoms with Crippen molar-refractivity contribution < 1.29 is 4.39 Å². The van der Waals surface area contributed by atoms with Gasteiger partial charge in [0.05, 0.1) is 12.9 Å². The summed E-state index contributed by atoms with van der Waals surface area (Å²) in [6.07, 6.45) is 11.7. The third-order valence-electron chi connectivity index (χ3n) is 4.80. The maximum atomic E-state index is 13.1. The molecule has 0 amide bonds. The van der Waals surface area contributed by atoms with Crippen LogP contribution in [0.3, 0.4) is 0 Å². The first-order chi connectivity index (χ1) is 12.2. The van der Waals surface area contributed by atoms with Gasteiger partial charge in [-0.25, -0.2) is 4.39 Å². The molecule has 1 saturated carbocycles. The van der Waals surface area contributed by atoms with Crippen LogP contribution in [0.4, 0.5) is 4.39 Å². The number of alkyl halides is 1. The molecule has 3 nitrogen and oxygen atoms in total. The molecule has 0 N–H and O–H groups in total. The number of aliphatic imine (C=N–C) groups is 1. The molecule has 1 atom stereocenters. The van der Waals surface area contributed by atoms with Gasteiger partial charge >= 0.3 is 0 Å². The molecule has 1 aliphatic heterocycles. The third-order valence-corrected chi connectivity index (χ3v) is 4.80. The zero-order valence-corrected chi connectivity index (χ0v) is 14.4. The van der Waals surface area contributed by atoms with Crippen molar-refractivity contribution in [3.63, 3.8) is 0 Å². The Hall–Kier alpha value is -2.49. The first-order valence-corrected chi connectivity index (χ1v) is 8.85. The molecule has 2 heterocycles. The molecule has 0 bridgehead atoms. The third kappa shape index (κ3) is 3.48. The van der Waals surface area contributed by atoms with E-state index in [-0.39, 0.29) is 0 Å². The molecule has 1 unspecified atom stereocenters. The van der Waals surface area contributed by atoms with Gasteiger partial charge in [0.2, 0.25) is 0 Å². The molecule has 1 aromatic carbocycles. The van der Waals surface area contributed by atoms with Gasteiger partial charge < -0.3 is 4.90 Å². The molecular formula is C21H22FN3. The molecule has 2 aliphatic carbocycles. The standard InChI is InChI=1S/C11H13FN2.C10H9N/c12-9-1-4-11-8(5-9)6-13-7-14(11)10-2-3-10;1-8-6-11-7-9-4-2-3-5-10(8)9/h4-5,7,9-10H,1-3,6H2;2-7H,1H3. The summed E-state index contributed by atoms with van der Waals surface area (Å²) in [6, 6.07) is 8.91. The van der Waals surface area contributed by atoms with E-state index in [9.17, 15) is 4.39 Å². The van der Waals surface area contributed by atoms with E-state index in [0.717, 1.165) is 5.57 Å². The van der Waals surface area contributed by atoms with Crippen molar-refractivity contribution in [2.45, 2.75) is 38.4 Å². The number of aryl methyl sites for hydroxylation is 1. The van der Waals surface area contributed by atoms with Crippen molar-refractivity contribution in [2.75, 3.05) is 6.54 Å². The molecule has 0 radical (unpaired) electrons. The molecule has 5 rings (SSSR count). The summed E-state index contributed by atoms with van der Waals surface area (Å²) in [7, 11) is 0. The highest BCUT2D eigenvalue weighted by atomic mass is 19.1. The van der Waals surface area contributed by atoms with Crippen molar-refractivity contribution >= 4 is 17.1 Å². The lowest BCUT2D eigenvalue weighted by Crippen LogP contribution is -2.30. The van der Waals surface area contributed by atoms with Crippen molar-refractivity contribution in [3.05, 3.63) is 65.6 Å². The molecule has 1 fully saturated rings. The monoisotopic (exact) mass is 335 g/mol. The van der Waals surface area contributed by atoms with Crippen LogP contribution in [0.25, 0.3) is 10.8 Å². The van der Waals surface area contributed by atoms with Crippen LogP contribution in [0.5, 0.6) is 0 Å². The predicted octanol–water partition coefficient (Wildman–Crippen LogP) is 4.59. The Balaban J connectivity index is 0.000000129. The minimum absolute atomic E-state index is 0.524. The van der Waals surface area contributed by atoms with E-state index in [1.54, 1.807) is 6.08 Å². The lowest BCUT2D eigenvalue weighted by atomic mass is 10.00. The van der Waals surface area contributed by atoms with Gasteiger partial charge in [-0.05, 0) is 42.4 Å². The number of hydrogen-bond acceptors (Lipinski definition) is 3. The fourth-order valence-electron chi connectivity index (χ4n) is 3.33. The fourth-order valence-corrected chi connectivity index (χ4v) is 3.33. The summed E-state index contributed by atoms with van der Waals surface area (Å²) in [5, 5.41) is 2.51. The number of benzene rings is 1. The minimum Gasteiger partial charge on any atom is -0.330 e. The van der Waals surface area contributed by atoms with Crippen molar-refractivity contribution in [3.8, 4) is 0 Å². The SMILES string of the molecule is Cc1cncc2ccccc12.FC1C=C2CN=CN(C3CC3)C2=CC1. The first-order valence-electron chi connectivity index (χ1n) is 8.85. The average Bonchev–Trinajstić information content (AvgIpc) is 3.47. The van der Waals surface area contributed by atoms with Gasteiger partial charge in [0.25, 0.3) is 0 Å². The topological polar surface area (TPSA) is 28.5 Å². The molecule has 2 aromatic rings. The Morgan fingerprint density at radius 1 is 1.16 bits per heavy atom. The van der Waals surface area contributed by atoms with Crippen LogP contribution in [-0.2, 0) is 0 Å². The number of fused-ring (bicyclic) bond motifs is 2. The summed E-state index contributed by atoms with van der Waals surface area (Å²) in [5.41, 5.74) is 3.51. The van der Waals surface area contributed by atoms with E-state index in [2.05, 4.69) is 40.0 Å². The Morgan fingerprint density at radius 2 is 2.00 bits per heavy atom. The van der Waals surface area contributed by atoms with Crippen molar-refractivity contribution in [1.82, 2.24) is 9.88 Å². The molecule has 128 valence electrons. The van der Waals surface area contributed by atoms with E-state index in [1.165, 1.54) is 34.9 Å². The lowest BCUT2D eigenvalue weighted by Gasteiger charge is -2.30. The van der Waals surface area contributed by atoms with Gasteiger partial charge in [-0.3, -0.25) is 9.98 Å². The highest BCUT2D eigenvalue weighted by Gasteiger charge is 2.33. The molecule has 1 aromatic heterocycles. The summed E-state index contributed by atoms with van der Waals surface area (Å²) < 4.78 is 13.1. The van der Waals surface area contributed by atoms with Gasteiger partial charge in [0.15, 0.2) is 0 Å². The van der Waals surface area contributed by atoms with Gasteiger partial charge in [-0.1, -0.05) is 30.3 Å². The van der Waals surface area contributed by atoms with Gasteiger partial charge in [0.1, 0.15) is 6.17 Å². The second-order valence-corrected chi connectivity index (χ2v) is 6.81. The summed E-state index contributed by atoms with van der Waals surface area (Å²) in [4.78, 5) is 10.6. The zero-order valence-electron chi connectivity index (χ0n) is 14.4. The highest BCUT2D eigenvalue weighted by Crippen LogP contribution is 2.35. The smallest absolute Gasteiger partial charge is 0.122 e. The zero-order chi connectivity index (χ0) is 17.2. The maximum absolute atomic E-state index is 13.1. The minimum atomic E-state index is -0.803. The normalized spacial score (nSPS) is 21.8. The Labute approximate surface area is 147 Å². The van der Waals surface area contributed by atoms with Crippen LogP contribution in [0, 0.1) is 6.92 Å². The van der Waals surface area contributed by atoms with Crippen LogP contribution in [0.1, 0.15) is 24.8 Å². The van der Waals surface area contributed by atoms with Gasteiger partial charge in [-0.2, -0.15) is 0 Å². The number of allylic oxidation sites excluding steroid dienone is 2. The molecule has 3 aliphatic rings. The Morgan fingerprint density at radius 3 is 2.80 bits per heavy atom. The number of rotatable bonds is 1. The number of halogens is 1.